The number of nitrogens with one attached hydrogen (secondary N) is 1. The predicted molar refractivity (Wildman–Crippen MR) is 142 cm³/mol. The lowest BCUT2D eigenvalue weighted by Crippen LogP contribution is -2.35. The van der Waals surface area contributed by atoms with Gasteiger partial charge in [0.1, 0.15) is 40.3 Å². The number of likely N-dealkylation sites (tertiary alicyclic amines) is 1. The van der Waals surface area contributed by atoms with Crippen molar-refractivity contribution < 1.29 is 23.5 Å². The molecule has 10 nitrogen and oxygen atoms in total. The van der Waals surface area contributed by atoms with Gasteiger partial charge in [0.25, 0.3) is 5.91 Å². The molecule has 3 N–H and O–H groups in total. The molecule has 1 fully saturated rings. The third-order valence-electron chi connectivity index (χ3n) is 6.31. The van der Waals surface area contributed by atoms with E-state index in [4.69, 9.17) is 15.2 Å². The number of hydrogen-bond acceptors (Lipinski definition) is 7. The highest BCUT2D eigenvalue weighted by molar-refractivity contribution is 5.96. The number of carbonyl (C=O) groups is 2. The molecule has 1 atom stereocenters. The van der Waals surface area contributed by atoms with Crippen LogP contribution in [0.4, 0.5) is 15.0 Å². The first-order valence-corrected chi connectivity index (χ1v) is 12.5. The zero-order valence-corrected chi connectivity index (χ0v) is 22.3. The van der Waals surface area contributed by atoms with Crippen LogP contribution in [0.1, 0.15) is 54.7 Å². The molecule has 0 aliphatic carbocycles. The maximum Gasteiger partial charge on any atom is 0.410 e. The number of hydrogen-bond donors (Lipinski definition) is 2. The topological polar surface area (TPSA) is 136 Å². The Balaban J connectivity index is 1.46. The highest BCUT2D eigenvalue weighted by Crippen LogP contribution is 2.32. The number of benzene rings is 2. The molecule has 3 aromatic rings. The minimum Gasteiger partial charge on any atom is -0.496 e. The Morgan fingerprint density at radius 1 is 1.23 bits per heavy atom. The van der Waals surface area contributed by atoms with Gasteiger partial charge in [-0.1, -0.05) is 24.3 Å². The average Bonchev–Trinajstić information content (AvgIpc) is 3.51. The molecule has 1 aromatic heterocycles. The number of nitrogens with zero attached hydrogens (tertiary/aromatic N) is 4. The maximum absolute atomic E-state index is 13.6. The fraction of sp³-hybridized carbons (Fsp3) is 0.357. The van der Waals surface area contributed by atoms with Crippen LogP contribution in [-0.4, -0.2) is 52.5 Å². The van der Waals surface area contributed by atoms with E-state index in [1.807, 2.05) is 20.8 Å². The quantitative estimate of drug-likeness (QED) is 0.482. The van der Waals surface area contributed by atoms with Crippen molar-refractivity contribution >= 4 is 17.8 Å². The Labute approximate surface area is 226 Å². The smallest absolute Gasteiger partial charge is 0.410 e. The van der Waals surface area contributed by atoms with Crippen molar-refractivity contribution in [1.82, 2.24) is 20.0 Å². The highest BCUT2D eigenvalue weighted by Gasteiger charge is 2.33. The van der Waals surface area contributed by atoms with Gasteiger partial charge in [-0.25, -0.2) is 13.9 Å². The molecule has 11 heteroatoms. The van der Waals surface area contributed by atoms with Crippen LogP contribution in [0.15, 0.2) is 42.5 Å². The summed E-state index contributed by atoms with van der Waals surface area (Å²) in [6, 6.07) is 12.9. The molecule has 1 saturated heterocycles. The van der Waals surface area contributed by atoms with Gasteiger partial charge in [-0.05, 0) is 51.0 Å². The second-order valence-corrected chi connectivity index (χ2v) is 10.3. The van der Waals surface area contributed by atoms with E-state index < -0.39 is 23.4 Å². The number of aromatic nitrogens is 2. The standard InChI is InChI=1S/C28H31FN6O4/c1-28(2,3)39-27(37)34-12-11-20(16-34)35-25(31)22(14-30)24(33-35)18-7-5-17(6-8-18)15-32-26(36)21-13-19(29)9-10-23(21)38-4/h5-10,13,20H,11-12,15-16,31H2,1-4H3,(H,32,36). The number of ether oxygens (including phenoxy) is 2. The van der Waals surface area contributed by atoms with Crippen LogP contribution in [-0.2, 0) is 11.3 Å². The summed E-state index contributed by atoms with van der Waals surface area (Å²) in [4.78, 5) is 26.7. The molecule has 0 spiro atoms. The van der Waals surface area contributed by atoms with Gasteiger partial charge in [-0.3, -0.25) is 4.79 Å². The van der Waals surface area contributed by atoms with Crippen LogP contribution in [0, 0.1) is 17.1 Å². The molecule has 2 amide bonds. The van der Waals surface area contributed by atoms with Crippen molar-refractivity contribution in [1.29, 1.82) is 5.26 Å². The van der Waals surface area contributed by atoms with Crippen molar-refractivity contribution in [3.8, 4) is 23.1 Å². The van der Waals surface area contributed by atoms with Gasteiger partial charge in [-0.2, -0.15) is 10.4 Å². The predicted octanol–water partition coefficient (Wildman–Crippen LogP) is 4.26. The Kier molecular flexibility index (Phi) is 7.76. The van der Waals surface area contributed by atoms with E-state index >= 15 is 0 Å². The number of rotatable bonds is 6. The van der Waals surface area contributed by atoms with Crippen molar-refractivity contribution in [2.75, 3.05) is 25.9 Å². The van der Waals surface area contributed by atoms with E-state index in [0.717, 1.165) is 11.6 Å². The largest absolute Gasteiger partial charge is 0.496 e. The zero-order valence-electron chi connectivity index (χ0n) is 22.3. The molecular weight excluding hydrogens is 503 g/mol. The number of carbonyl (C=O) groups excluding carboxylic acids is 2. The molecule has 1 unspecified atom stereocenters. The van der Waals surface area contributed by atoms with Crippen molar-refractivity contribution in [2.24, 2.45) is 0 Å². The van der Waals surface area contributed by atoms with E-state index in [9.17, 15) is 19.2 Å². The second kappa shape index (κ2) is 11.0. The molecule has 204 valence electrons. The van der Waals surface area contributed by atoms with Crippen molar-refractivity contribution in [3.63, 3.8) is 0 Å². The zero-order chi connectivity index (χ0) is 28.3. The number of nitrogen functional groups attached to an aromatic ring is 1. The van der Waals surface area contributed by atoms with Crippen LogP contribution >= 0.6 is 0 Å². The van der Waals surface area contributed by atoms with E-state index in [2.05, 4.69) is 16.5 Å². The summed E-state index contributed by atoms with van der Waals surface area (Å²) in [6.07, 6.45) is 0.236. The normalized spacial score (nSPS) is 15.1. The summed E-state index contributed by atoms with van der Waals surface area (Å²) in [5, 5.41) is 17.2. The first-order chi connectivity index (χ1) is 18.5. The highest BCUT2D eigenvalue weighted by atomic mass is 19.1. The lowest BCUT2D eigenvalue weighted by Gasteiger charge is -2.24. The second-order valence-electron chi connectivity index (χ2n) is 10.3. The van der Waals surface area contributed by atoms with Gasteiger partial charge in [-0.15, -0.1) is 0 Å². The number of anilines is 1. The molecule has 0 saturated carbocycles. The van der Waals surface area contributed by atoms with Crippen molar-refractivity contribution in [3.05, 3.63) is 65.0 Å². The summed E-state index contributed by atoms with van der Waals surface area (Å²) < 4.78 is 25.8. The van der Waals surface area contributed by atoms with Gasteiger partial charge < -0.3 is 25.4 Å². The monoisotopic (exact) mass is 534 g/mol. The number of nitrogens with two attached hydrogens (primary N) is 1. The Hall–Kier alpha value is -4.59. The lowest BCUT2D eigenvalue weighted by atomic mass is 10.1. The van der Waals surface area contributed by atoms with Crippen LogP contribution in [0.5, 0.6) is 5.75 Å². The third kappa shape index (κ3) is 6.12. The molecule has 4 rings (SSSR count). The van der Waals surface area contributed by atoms with Gasteiger partial charge in [0, 0.05) is 25.2 Å². The molecule has 39 heavy (non-hydrogen) atoms. The van der Waals surface area contributed by atoms with Gasteiger partial charge in [0.2, 0.25) is 0 Å². The van der Waals surface area contributed by atoms with Gasteiger partial charge in [0.05, 0.1) is 18.7 Å². The van der Waals surface area contributed by atoms with Crippen LogP contribution < -0.4 is 15.8 Å². The number of amides is 2. The summed E-state index contributed by atoms with van der Waals surface area (Å²) >= 11 is 0. The fourth-order valence-electron chi connectivity index (χ4n) is 4.39. The Morgan fingerprint density at radius 2 is 1.95 bits per heavy atom. The van der Waals surface area contributed by atoms with E-state index in [1.54, 1.807) is 33.8 Å². The minimum absolute atomic E-state index is 0.103. The number of nitriles is 1. The van der Waals surface area contributed by atoms with Crippen molar-refractivity contribution in [2.45, 2.75) is 45.4 Å². The summed E-state index contributed by atoms with van der Waals surface area (Å²) in [7, 11) is 1.41. The first kappa shape index (κ1) is 27.4. The van der Waals surface area contributed by atoms with Gasteiger partial charge >= 0.3 is 6.09 Å². The molecule has 0 radical (unpaired) electrons. The number of halogens is 1. The maximum atomic E-state index is 13.6. The summed E-state index contributed by atoms with van der Waals surface area (Å²) in [5.41, 5.74) is 7.98. The minimum atomic E-state index is -0.595. The van der Waals surface area contributed by atoms with Crippen LogP contribution in [0.3, 0.4) is 0 Å². The Morgan fingerprint density at radius 3 is 2.59 bits per heavy atom. The van der Waals surface area contributed by atoms with E-state index in [0.29, 0.717) is 30.8 Å². The Bertz CT molecular complexity index is 1420. The molecule has 2 aromatic carbocycles. The molecule has 2 heterocycles. The third-order valence-corrected chi connectivity index (χ3v) is 6.31. The molecule has 1 aliphatic rings. The first-order valence-electron chi connectivity index (χ1n) is 12.5. The fourth-order valence-corrected chi connectivity index (χ4v) is 4.39. The number of methoxy groups -OCH3 is 1. The van der Waals surface area contributed by atoms with E-state index in [1.165, 1.54) is 19.2 Å². The van der Waals surface area contributed by atoms with Crippen LogP contribution in [0.2, 0.25) is 0 Å². The van der Waals surface area contributed by atoms with Crippen LogP contribution in [0.25, 0.3) is 11.3 Å². The average molecular weight is 535 g/mol. The molecule has 1 aliphatic heterocycles. The molecular formula is C28H31FN6O4. The van der Waals surface area contributed by atoms with E-state index in [-0.39, 0.29) is 35.3 Å². The SMILES string of the molecule is COc1ccc(F)cc1C(=O)NCc1ccc(-c2nn(C3CCN(C(=O)OC(C)(C)C)C3)c(N)c2C#N)cc1. The lowest BCUT2D eigenvalue weighted by molar-refractivity contribution is 0.0288. The summed E-state index contributed by atoms with van der Waals surface area (Å²) in [6.45, 7) is 6.52. The van der Waals surface area contributed by atoms with Gasteiger partial charge in [0.15, 0.2) is 0 Å². The summed E-state index contributed by atoms with van der Waals surface area (Å²) in [5.74, 6) is -0.486. The molecule has 0 bridgehead atoms.